The Kier molecular flexibility index (Phi) is 5.58. The summed E-state index contributed by atoms with van der Waals surface area (Å²) < 4.78 is 6.11. The van der Waals surface area contributed by atoms with E-state index in [1.807, 2.05) is 24.3 Å². The molecule has 0 spiro atoms. The second-order valence-electron chi connectivity index (χ2n) is 3.46. The fourth-order valence-electron chi connectivity index (χ4n) is 1.54. The maximum Gasteiger partial charge on any atom is 0.0408 e. The predicted octanol–water partition coefficient (Wildman–Crippen LogP) is 7.93. The Morgan fingerprint density at radius 2 is 1.06 bits per heavy atom. The standard InChI is InChI=1S/C12H4Br6/c13-5-3-8(16)10(9(17)4-5)11-6(14)1-2-7(15)12(11)18/h1-4H. The highest BCUT2D eigenvalue weighted by molar-refractivity contribution is 9.13. The lowest BCUT2D eigenvalue weighted by Gasteiger charge is -2.13. The van der Waals surface area contributed by atoms with E-state index in [9.17, 15) is 0 Å². The molecule has 0 saturated carbocycles. The van der Waals surface area contributed by atoms with Crippen LogP contribution in [0.2, 0.25) is 0 Å². The second-order valence-corrected chi connectivity index (χ2v) is 8.59. The van der Waals surface area contributed by atoms with Crippen LogP contribution < -0.4 is 0 Å². The SMILES string of the molecule is Brc1cc(Br)c(-c2c(Br)ccc(Br)c2Br)c(Br)c1. The fourth-order valence-corrected chi connectivity index (χ4v) is 5.86. The van der Waals surface area contributed by atoms with Crippen molar-refractivity contribution in [3.8, 4) is 11.1 Å². The summed E-state index contributed by atoms with van der Waals surface area (Å²) in [4.78, 5) is 0. The van der Waals surface area contributed by atoms with Crippen LogP contribution in [-0.2, 0) is 0 Å². The lowest BCUT2D eigenvalue weighted by atomic mass is 10.1. The van der Waals surface area contributed by atoms with Crippen molar-refractivity contribution in [1.29, 1.82) is 0 Å². The molecule has 0 N–H and O–H groups in total. The van der Waals surface area contributed by atoms with Gasteiger partial charge in [-0.3, -0.25) is 0 Å². The van der Waals surface area contributed by atoms with E-state index in [0.717, 1.165) is 38.0 Å². The van der Waals surface area contributed by atoms with E-state index in [1.54, 1.807) is 0 Å². The Morgan fingerprint density at radius 1 is 0.556 bits per heavy atom. The molecule has 0 saturated heterocycles. The average molecular weight is 628 g/mol. The number of rotatable bonds is 1. The number of hydrogen-bond donors (Lipinski definition) is 0. The topological polar surface area (TPSA) is 0 Å². The van der Waals surface area contributed by atoms with E-state index in [-0.39, 0.29) is 0 Å². The van der Waals surface area contributed by atoms with Crippen LogP contribution in [-0.4, -0.2) is 0 Å². The van der Waals surface area contributed by atoms with Crippen LogP contribution in [0.5, 0.6) is 0 Å². The summed E-state index contributed by atoms with van der Waals surface area (Å²) in [5.74, 6) is 0. The van der Waals surface area contributed by atoms with Gasteiger partial charge in [-0.25, -0.2) is 0 Å². The predicted molar refractivity (Wildman–Crippen MR) is 98.1 cm³/mol. The lowest BCUT2D eigenvalue weighted by Crippen LogP contribution is -1.87. The van der Waals surface area contributed by atoms with Crippen LogP contribution in [0.1, 0.15) is 0 Å². The molecule has 0 nitrogen and oxygen atoms in total. The molecule has 0 atom stereocenters. The van der Waals surface area contributed by atoms with Crippen LogP contribution in [0.15, 0.2) is 51.1 Å². The largest absolute Gasteiger partial charge is 0.0508 e. The van der Waals surface area contributed by atoms with Crippen molar-refractivity contribution in [2.75, 3.05) is 0 Å². The molecule has 0 aliphatic carbocycles. The monoisotopic (exact) mass is 622 g/mol. The molecule has 0 aliphatic rings. The van der Waals surface area contributed by atoms with Crippen LogP contribution in [0, 0.1) is 0 Å². The van der Waals surface area contributed by atoms with Gasteiger partial charge >= 0.3 is 0 Å². The fraction of sp³-hybridized carbons (Fsp3) is 0. The van der Waals surface area contributed by atoms with Gasteiger partial charge in [-0.2, -0.15) is 0 Å². The molecule has 2 aromatic rings. The Labute approximate surface area is 156 Å². The maximum atomic E-state index is 3.62. The zero-order chi connectivity index (χ0) is 13.4. The summed E-state index contributed by atoms with van der Waals surface area (Å²) in [5, 5.41) is 0. The van der Waals surface area contributed by atoms with Crippen molar-refractivity contribution < 1.29 is 0 Å². The summed E-state index contributed by atoms with van der Waals surface area (Å²) >= 11 is 21.5. The van der Waals surface area contributed by atoms with Crippen molar-refractivity contribution in [3.05, 3.63) is 51.1 Å². The summed E-state index contributed by atoms with van der Waals surface area (Å²) in [6.45, 7) is 0. The van der Waals surface area contributed by atoms with Crippen molar-refractivity contribution in [3.63, 3.8) is 0 Å². The third kappa shape index (κ3) is 3.14. The molecule has 2 aromatic carbocycles. The molecular formula is C12H4Br6. The summed E-state index contributed by atoms with van der Waals surface area (Å²) in [5.41, 5.74) is 2.19. The molecule has 0 radical (unpaired) electrons. The van der Waals surface area contributed by atoms with E-state index >= 15 is 0 Å². The van der Waals surface area contributed by atoms with Gasteiger partial charge in [0.25, 0.3) is 0 Å². The van der Waals surface area contributed by atoms with E-state index in [2.05, 4.69) is 95.6 Å². The summed E-state index contributed by atoms with van der Waals surface area (Å²) in [6, 6.07) is 8.07. The molecule has 18 heavy (non-hydrogen) atoms. The molecule has 0 fully saturated rings. The first-order valence-electron chi connectivity index (χ1n) is 4.70. The molecule has 0 heterocycles. The van der Waals surface area contributed by atoms with Gasteiger partial charge in [0.1, 0.15) is 0 Å². The van der Waals surface area contributed by atoms with E-state index in [0.29, 0.717) is 0 Å². The van der Waals surface area contributed by atoms with E-state index < -0.39 is 0 Å². The molecule has 0 amide bonds. The van der Waals surface area contributed by atoms with Gasteiger partial charge in [-0.05, 0) is 56.1 Å². The Balaban J connectivity index is 2.81. The van der Waals surface area contributed by atoms with Gasteiger partial charge in [0.2, 0.25) is 0 Å². The number of benzene rings is 2. The van der Waals surface area contributed by atoms with Gasteiger partial charge in [0.15, 0.2) is 0 Å². The lowest BCUT2D eigenvalue weighted by molar-refractivity contribution is 1.47. The molecule has 94 valence electrons. The van der Waals surface area contributed by atoms with Crippen molar-refractivity contribution >= 4 is 95.6 Å². The quantitative estimate of drug-likeness (QED) is 0.282. The van der Waals surface area contributed by atoms with Gasteiger partial charge in [-0.15, -0.1) is 0 Å². The van der Waals surface area contributed by atoms with Gasteiger partial charge < -0.3 is 0 Å². The Bertz CT molecular complexity index is 597. The van der Waals surface area contributed by atoms with E-state index in [1.165, 1.54) is 0 Å². The number of halogens is 6. The Hall–Kier alpha value is 1.32. The molecule has 6 heteroatoms. The molecule has 0 aliphatic heterocycles. The van der Waals surface area contributed by atoms with Crippen molar-refractivity contribution in [2.45, 2.75) is 0 Å². The van der Waals surface area contributed by atoms with E-state index in [4.69, 9.17) is 0 Å². The highest BCUT2D eigenvalue weighted by Crippen LogP contribution is 2.46. The molecule has 0 bridgehead atoms. The summed E-state index contributed by atoms with van der Waals surface area (Å²) in [7, 11) is 0. The minimum absolute atomic E-state index is 1.01. The number of hydrogen-bond acceptors (Lipinski definition) is 0. The van der Waals surface area contributed by atoms with Crippen LogP contribution >= 0.6 is 95.6 Å². The minimum Gasteiger partial charge on any atom is -0.0508 e. The normalized spacial score (nSPS) is 10.8. The first-order chi connectivity index (χ1) is 8.41. The van der Waals surface area contributed by atoms with Crippen LogP contribution in [0.25, 0.3) is 11.1 Å². The van der Waals surface area contributed by atoms with Crippen molar-refractivity contribution in [1.82, 2.24) is 0 Å². The third-order valence-electron chi connectivity index (χ3n) is 2.30. The zero-order valence-electron chi connectivity index (χ0n) is 8.58. The average Bonchev–Trinajstić information content (AvgIpc) is 2.27. The second kappa shape index (κ2) is 6.39. The van der Waals surface area contributed by atoms with Gasteiger partial charge in [0.05, 0.1) is 0 Å². The molecule has 0 aromatic heterocycles. The van der Waals surface area contributed by atoms with Gasteiger partial charge in [0, 0.05) is 38.0 Å². The molecular weight excluding hydrogens is 624 g/mol. The highest BCUT2D eigenvalue weighted by Gasteiger charge is 2.16. The zero-order valence-corrected chi connectivity index (χ0v) is 18.1. The molecule has 2 rings (SSSR count). The third-order valence-corrected chi connectivity index (χ3v) is 6.69. The highest BCUT2D eigenvalue weighted by atomic mass is 79.9. The van der Waals surface area contributed by atoms with Crippen LogP contribution in [0.3, 0.4) is 0 Å². The van der Waals surface area contributed by atoms with Gasteiger partial charge in [-0.1, -0.05) is 63.7 Å². The first-order valence-corrected chi connectivity index (χ1v) is 9.46. The van der Waals surface area contributed by atoms with Crippen molar-refractivity contribution in [2.24, 2.45) is 0 Å². The Morgan fingerprint density at radius 3 is 1.61 bits per heavy atom. The first kappa shape index (κ1) is 15.7. The maximum absolute atomic E-state index is 3.62. The molecule has 0 unspecified atom stereocenters. The minimum atomic E-state index is 1.01. The van der Waals surface area contributed by atoms with Crippen LogP contribution in [0.4, 0.5) is 0 Å². The summed E-state index contributed by atoms with van der Waals surface area (Å²) in [6.07, 6.45) is 0. The smallest absolute Gasteiger partial charge is 0.0408 e.